The Morgan fingerprint density at radius 3 is 2.85 bits per heavy atom. The van der Waals surface area contributed by atoms with Crippen LogP contribution in [0.2, 0.25) is 0 Å². The molecular weight excluding hydrogens is 170 g/mol. The zero-order valence-electron chi connectivity index (χ0n) is 6.94. The van der Waals surface area contributed by atoms with Crippen molar-refractivity contribution in [1.29, 1.82) is 0 Å². The SMILES string of the molecule is COc1ccc(C#CC(=O)O)cn1. The Labute approximate surface area is 75.2 Å². The molecule has 1 aromatic rings. The van der Waals surface area contributed by atoms with Crippen LogP contribution in [0.3, 0.4) is 0 Å². The van der Waals surface area contributed by atoms with E-state index in [4.69, 9.17) is 9.84 Å². The number of rotatable bonds is 1. The highest BCUT2D eigenvalue weighted by atomic mass is 16.5. The van der Waals surface area contributed by atoms with E-state index in [1.54, 1.807) is 12.1 Å². The predicted molar refractivity (Wildman–Crippen MR) is 45.3 cm³/mol. The van der Waals surface area contributed by atoms with Gasteiger partial charge in [-0.15, -0.1) is 0 Å². The number of pyridine rings is 1. The molecule has 0 spiro atoms. The minimum absolute atomic E-state index is 0.473. The molecule has 0 radical (unpaired) electrons. The monoisotopic (exact) mass is 177 g/mol. The number of aromatic nitrogens is 1. The highest BCUT2D eigenvalue weighted by Gasteiger charge is 1.91. The zero-order chi connectivity index (χ0) is 9.68. The van der Waals surface area contributed by atoms with E-state index in [9.17, 15) is 4.79 Å². The smallest absolute Gasteiger partial charge is 0.382 e. The Hall–Kier alpha value is -2.02. The highest BCUT2D eigenvalue weighted by molar-refractivity contribution is 5.87. The van der Waals surface area contributed by atoms with E-state index in [-0.39, 0.29) is 0 Å². The molecule has 66 valence electrons. The summed E-state index contributed by atoms with van der Waals surface area (Å²) in [6, 6.07) is 3.26. The average Bonchev–Trinajstić information content (AvgIpc) is 2.15. The molecule has 0 aliphatic rings. The number of ether oxygens (including phenoxy) is 1. The summed E-state index contributed by atoms with van der Waals surface area (Å²) in [7, 11) is 1.50. The molecule has 1 heterocycles. The fourth-order valence-electron chi connectivity index (χ4n) is 0.701. The van der Waals surface area contributed by atoms with Crippen LogP contribution < -0.4 is 4.74 Å². The Morgan fingerprint density at radius 2 is 2.38 bits per heavy atom. The molecule has 4 heteroatoms. The Kier molecular flexibility index (Phi) is 2.87. The van der Waals surface area contributed by atoms with E-state index < -0.39 is 5.97 Å². The van der Waals surface area contributed by atoms with Crippen molar-refractivity contribution in [2.75, 3.05) is 7.11 Å². The minimum Gasteiger partial charge on any atom is -0.481 e. The summed E-state index contributed by atoms with van der Waals surface area (Å²) in [6.07, 6.45) is 1.45. The van der Waals surface area contributed by atoms with E-state index in [1.807, 2.05) is 5.92 Å². The summed E-state index contributed by atoms with van der Waals surface area (Å²) in [5, 5.41) is 8.26. The predicted octanol–water partition coefficient (Wildman–Crippen LogP) is 0.526. The molecular formula is C9H7NO3. The van der Waals surface area contributed by atoms with Crippen LogP contribution in [-0.2, 0) is 4.79 Å². The Bertz CT molecular complexity index is 359. The number of carboxylic acids is 1. The van der Waals surface area contributed by atoms with E-state index in [0.29, 0.717) is 11.4 Å². The second-order valence-electron chi connectivity index (χ2n) is 2.14. The second-order valence-corrected chi connectivity index (χ2v) is 2.14. The van der Waals surface area contributed by atoms with Gasteiger partial charge < -0.3 is 9.84 Å². The van der Waals surface area contributed by atoms with Crippen LogP contribution in [0.1, 0.15) is 5.56 Å². The molecule has 1 aromatic heterocycles. The maximum absolute atomic E-state index is 10.1. The topological polar surface area (TPSA) is 59.4 Å². The lowest BCUT2D eigenvalue weighted by atomic mass is 10.3. The van der Waals surface area contributed by atoms with E-state index in [0.717, 1.165) is 0 Å². The third kappa shape index (κ3) is 2.83. The largest absolute Gasteiger partial charge is 0.481 e. The first-order chi connectivity index (χ1) is 6.22. The summed E-state index contributed by atoms with van der Waals surface area (Å²) in [6.45, 7) is 0. The average molecular weight is 177 g/mol. The van der Waals surface area contributed by atoms with E-state index in [2.05, 4.69) is 10.9 Å². The number of nitrogens with zero attached hydrogens (tertiary/aromatic N) is 1. The van der Waals surface area contributed by atoms with Crippen LogP contribution in [0.25, 0.3) is 0 Å². The van der Waals surface area contributed by atoms with E-state index in [1.165, 1.54) is 13.3 Å². The van der Waals surface area contributed by atoms with Crippen molar-refractivity contribution in [1.82, 2.24) is 4.98 Å². The van der Waals surface area contributed by atoms with Crippen molar-refractivity contribution in [3.05, 3.63) is 23.9 Å². The fourth-order valence-corrected chi connectivity index (χ4v) is 0.701. The summed E-state index contributed by atoms with van der Waals surface area (Å²) in [4.78, 5) is 13.9. The fraction of sp³-hybridized carbons (Fsp3) is 0.111. The molecule has 0 aliphatic carbocycles. The van der Waals surface area contributed by atoms with Crippen LogP contribution in [0.4, 0.5) is 0 Å². The van der Waals surface area contributed by atoms with Crippen LogP contribution in [0.5, 0.6) is 5.88 Å². The lowest BCUT2D eigenvalue weighted by Gasteiger charge is -1.95. The quantitative estimate of drug-likeness (QED) is 0.635. The van der Waals surface area contributed by atoms with Gasteiger partial charge in [-0.1, -0.05) is 5.92 Å². The maximum atomic E-state index is 10.1. The first-order valence-corrected chi connectivity index (χ1v) is 3.47. The van der Waals surface area contributed by atoms with Crippen LogP contribution in [-0.4, -0.2) is 23.2 Å². The summed E-state index contributed by atoms with van der Waals surface area (Å²) >= 11 is 0. The van der Waals surface area contributed by atoms with E-state index >= 15 is 0 Å². The highest BCUT2D eigenvalue weighted by Crippen LogP contribution is 2.04. The molecule has 4 nitrogen and oxygen atoms in total. The van der Waals surface area contributed by atoms with Crippen molar-refractivity contribution in [2.24, 2.45) is 0 Å². The van der Waals surface area contributed by atoms with Crippen molar-refractivity contribution in [2.45, 2.75) is 0 Å². The van der Waals surface area contributed by atoms with Crippen LogP contribution in [0, 0.1) is 11.8 Å². The zero-order valence-corrected chi connectivity index (χ0v) is 6.94. The van der Waals surface area contributed by atoms with Gasteiger partial charge in [0.15, 0.2) is 0 Å². The normalized spacial score (nSPS) is 8.38. The maximum Gasteiger partial charge on any atom is 0.382 e. The molecule has 1 rings (SSSR count). The van der Waals surface area contributed by atoms with Crippen molar-refractivity contribution in [3.63, 3.8) is 0 Å². The molecule has 13 heavy (non-hydrogen) atoms. The Balaban J connectivity index is 2.83. The first-order valence-electron chi connectivity index (χ1n) is 3.47. The van der Waals surface area contributed by atoms with Crippen molar-refractivity contribution in [3.8, 4) is 17.7 Å². The van der Waals surface area contributed by atoms with Crippen molar-refractivity contribution >= 4 is 5.97 Å². The van der Waals surface area contributed by atoms with Gasteiger partial charge in [-0.3, -0.25) is 0 Å². The number of carbonyl (C=O) groups is 1. The van der Waals surface area contributed by atoms with Gasteiger partial charge in [0.05, 0.1) is 7.11 Å². The molecule has 0 fully saturated rings. The third-order valence-corrected chi connectivity index (χ3v) is 1.26. The molecule has 0 saturated carbocycles. The third-order valence-electron chi connectivity index (χ3n) is 1.26. The van der Waals surface area contributed by atoms with Gasteiger partial charge in [-0.05, 0) is 6.07 Å². The molecule has 0 aromatic carbocycles. The number of aliphatic carboxylic acids is 1. The number of carboxylic acid groups (broad SMARTS) is 1. The molecule has 0 unspecified atom stereocenters. The standard InChI is InChI=1S/C9H7NO3/c1-13-8-4-2-7(6-10-8)3-5-9(11)12/h2,4,6H,1H3,(H,11,12). The van der Waals surface area contributed by atoms with Gasteiger partial charge in [-0.2, -0.15) is 0 Å². The molecule has 1 N–H and O–H groups in total. The van der Waals surface area contributed by atoms with Crippen LogP contribution >= 0.6 is 0 Å². The van der Waals surface area contributed by atoms with Gasteiger partial charge in [0.2, 0.25) is 5.88 Å². The van der Waals surface area contributed by atoms with Gasteiger partial charge in [-0.25, -0.2) is 9.78 Å². The van der Waals surface area contributed by atoms with Gasteiger partial charge in [0, 0.05) is 23.7 Å². The van der Waals surface area contributed by atoms with Crippen molar-refractivity contribution < 1.29 is 14.6 Å². The summed E-state index contributed by atoms with van der Waals surface area (Å²) in [5.41, 5.74) is 0.545. The number of hydrogen-bond acceptors (Lipinski definition) is 3. The van der Waals surface area contributed by atoms with Gasteiger partial charge in [0.1, 0.15) is 0 Å². The van der Waals surface area contributed by atoms with Gasteiger partial charge in [0.25, 0.3) is 0 Å². The summed E-state index contributed by atoms with van der Waals surface area (Å²) in [5.74, 6) is 3.73. The second kappa shape index (κ2) is 4.12. The molecule has 0 atom stereocenters. The van der Waals surface area contributed by atoms with Gasteiger partial charge >= 0.3 is 5.97 Å². The lowest BCUT2D eigenvalue weighted by molar-refractivity contribution is -0.130. The summed E-state index contributed by atoms with van der Waals surface area (Å²) < 4.78 is 4.82. The first kappa shape index (κ1) is 9.07. The molecule has 0 saturated heterocycles. The molecule has 0 amide bonds. The minimum atomic E-state index is -1.16. The van der Waals surface area contributed by atoms with Crippen LogP contribution in [0.15, 0.2) is 18.3 Å². The number of methoxy groups -OCH3 is 1. The molecule has 0 bridgehead atoms. The molecule has 0 aliphatic heterocycles. The lowest BCUT2D eigenvalue weighted by Crippen LogP contribution is -1.89. The Morgan fingerprint density at radius 1 is 1.62 bits per heavy atom. The number of hydrogen-bond donors (Lipinski definition) is 1.